The third-order valence-corrected chi connectivity index (χ3v) is 5.07. The van der Waals surface area contributed by atoms with Gasteiger partial charge in [-0.15, -0.1) is 0 Å². The molecule has 0 atom stereocenters. The summed E-state index contributed by atoms with van der Waals surface area (Å²) in [6.07, 6.45) is -1.58. The minimum absolute atomic E-state index is 0.0129. The van der Waals surface area contributed by atoms with E-state index in [2.05, 4.69) is 14.8 Å². The molecule has 1 aliphatic heterocycles. The minimum Gasteiger partial charge on any atom is -0.336 e. The van der Waals surface area contributed by atoms with Gasteiger partial charge in [-0.1, -0.05) is 0 Å². The molecule has 1 fully saturated rings. The number of nitrogens with one attached hydrogen (secondary N) is 1. The number of alkyl halides is 2. The predicted octanol–water partition coefficient (Wildman–Crippen LogP) is 0.351. The summed E-state index contributed by atoms with van der Waals surface area (Å²) in [6.45, 7) is 1.85. The van der Waals surface area contributed by atoms with E-state index in [4.69, 9.17) is 0 Å². The molecule has 1 N–H and O–H groups in total. The Bertz CT molecular complexity index is 896. The first-order chi connectivity index (χ1) is 11.3. The van der Waals surface area contributed by atoms with Crippen molar-refractivity contribution in [1.29, 1.82) is 0 Å². The average Bonchev–Trinajstić information content (AvgIpc) is 2.83. The van der Waals surface area contributed by atoms with Crippen molar-refractivity contribution >= 4 is 21.6 Å². The molecule has 0 saturated carbocycles. The fourth-order valence-corrected chi connectivity index (χ4v) is 3.55. The molecule has 2 aromatic rings. The highest BCUT2D eigenvalue weighted by Crippen LogP contribution is 2.22. The Morgan fingerprint density at radius 1 is 1.38 bits per heavy atom. The van der Waals surface area contributed by atoms with Gasteiger partial charge in [0.1, 0.15) is 11.3 Å². The molecule has 0 unspecified atom stereocenters. The number of hydrogen-bond donors (Lipinski definition) is 1. The van der Waals surface area contributed by atoms with Gasteiger partial charge in [-0.25, -0.2) is 31.4 Å². The van der Waals surface area contributed by atoms with Gasteiger partial charge in [-0.05, 0) is 13.0 Å². The number of hydrogen-bond acceptors (Lipinski definition) is 5. The summed E-state index contributed by atoms with van der Waals surface area (Å²) >= 11 is 0. The molecule has 3 rings (SSSR count). The van der Waals surface area contributed by atoms with E-state index in [9.17, 15) is 22.0 Å². The molecule has 0 aromatic carbocycles. The van der Waals surface area contributed by atoms with Gasteiger partial charge in [0.15, 0.2) is 5.65 Å². The van der Waals surface area contributed by atoms with E-state index in [1.807, 2.05) is 0 Å². The number of amides is 1. The molecule has 2 aromatic heterocycles. The topological polar surface area (TPSA) is 96.7 Å². The van der Waals surface area contributed by atoms with Gasteiger partial charge < -0.3 is 4.90 Å². The van der Waals surface area contributed by atoms with Crippen LogP contribution >= 0.6 is 0 Å². The number of carbonyl (C=O) groups excluding carboxylic acids is 1. The van der Waals surface area contributed by atoms with Crippen LogP contribution in [0.4, 0.5) is 8.78 Å². The summed E-state index contributed by atoms with van der Waals surface area (Å²) in [6, 6.07) is 1.21. The molecule has 0 spiro atoms. The predicted molar refractivity (Wildman–Crippen MR) is 80.4 cm³/mol. The van der Waals surface area contributed by atoms with Crippen LogP contribution in [0.1, 0.15) is 28.2 Å². The summed E-state index contributed by atoms with van der Waals surface area (Å²) in [4.78, 5) is 18.1. The number of carbonyl (C=O) groups is 1. The van der Waals surface area contributed by atoms with Crippen LogP contribution in [-0.2, 0) is 10.0 Å². The Labute approximate surface area is 136 Å². The van der Waals surface area contributed by atoms with Crippen molar-refractivity contribution in [3.63, 3.8) is 0 Å². The van der Waals surface area contributed by atoms with Gasteiger partial charge in [0.05, 0.1) is 11.9 Å². The molecule has 3 heterocycles. The molecule has 24 heavy (non-hydrogen) atoms. The van der Waals surface area contributed by atoms with E-state index in [-0.39, 0.29) is 42.3 Å². The lowest BCUT2D eigenvalue weighted by atomic mass is 10.2. The maximum absolute atomic E-state index is 13.1. The largest absolute Gasteiger partial charge is 0.336 e. The lowest BCUT2D eigenvalue weighted by Gasteiger charge is -2.18. The van der Waals surface area contributed by atoms with E-state index in [1.54, 1.807) is 6.92 Å². The third-order valence-electron chi connectivity index (χ3n) is 3.70. The SMILES string of the molecule is Cc1cc(C(F)F)n2ncc(C(=O)N3CCNS(=O)(=O)CC3)c2n1. The summed E-state index contributed by atoms with van der Waals surface area (Å²) < 4.78 is 52.6. The van der Waals surface area contributed by atoms with Gasteiger partial charge in [0.2, 0.25) is 10.0 Å². The van der Waals surface area contributed by atoms with E-state index < -0.39 is 22.4 Å². The first-order valence-electron chi connectivity index (χ1n) is 7.18. The lowest BCUT2D eigenvalue weighted by molar-refractivity contribution is 0.0773. The number of halogens is 2. The van der Waals surface area contributed by atoms with Gasteiger partial charge in [0.25, 0.3) is 12.3 Å². The molecule has 11 heteroatoms. The molecule has 0 bridgehead atoms. The van der Waals surface area contributed by atoms with Crippen LogP contribution in [0.2, 0.25) is 0 Å². The normalized spacial score (nSPS) is 18.1. The monoisotopic (exact) mass is 359 g/mol. The molecule has 0 radical (unpaired) electrons. The minimum atomic E-state index is -3.40. The summed E-state index contributed by atoms with van der Waals surface area (Å²) in [5.74, 6) is -0.700. The Morgan fingerprint density at radius 3 is 2.83 bits per heavy atom. The molecule has 0 aliphatic carbocycles. The van der Waals surface area contributed by atoms with Gasteiger partial charge in [-0.2, -0.15) is 5.10 Å². The van der Waals surface area contributed by atoms with E-state index in [1.165, 1.54) is 17.2 Å². The van der Waals surface area contributed by atoms with Crippen molar-refractivity contribution < 1.29 is 22.0 Å². The van der Waals surface area contributed by atoms with Crippen LogP contribution in [0.3, 0.4) is 0 Å². The summed E-state index contributed by atoms with van der Waals surface area (Å²) in [5, 5.41) is 3.84. The Balaban J connectivity index is 1.99. The number of fused-ring (bicyclic) bond motifs is 1. The Morgan fingerprint density at radius 2 is 2.12 bits per heavy atom. The number of sulfonamides is 1. The zero-order valence-electron chi connectivity index (χ0n) is 12.7. The standard InChI is InChI=1S/C13H15F2N5O3S/c1-8-6-10(11(14)15)20-12(18-8)9(7-16-20)13(21)19-3-2-17-24(22,23)5-4-19/h6-7,11,17H,2-5H2,1H3. The average molecular weight is 359 g/mol. The van der Waals surface area contributed by atoms with Crippen molar-refractivity contribution in [1.82, 2.24) is 24.2 Å². The highest BCUT2D eigenvalue weighted by atomic mass is 32.2. The van der Waals surface area contributed by atoms with Crippen molar-refractivity contribution in [2.24, 2.45) is 0 Å². The Kier molecular flexibility index (Phi) is 4.22. The third kappa shape index (κ3) is 3.08. The summed E-state index contributed by atoms with van der Waals surface area (Å²) in [5.41, 5.74) is 0.0967. The van der Waals surface area contributed by atoms with Gasteiger partial charge in [0, 0.05) is 25.3 Å². The number of nitrogens with zero attached hydrogens (tertiary/aromatic N) is 4. The molecule has 8 nitrogen and oxygen atoms in total. The second-order valence-corrected chi connectivity index (χ2v) is 7.35. The smallest absolute Gasteiger partial charge is 0.280 e. The van der Waals surface area contributed by atoms with Crippen LogP contribution in [-0.4, -0.2) is 59.2 Å². The molecule has 1 amide bonds. The lowest BCUT2D eigenvalue weighted by Crippen LogP contribution is -2.34. The maximum Gasteiger partial charge on any atom is 0.280 e. The van der Waals surface area contributed by atoms with Crippen LogP contribution < -0.4 is 4.72 Å². The van der Waals surface area contributed by atoms with Crippen molar-refractivity contribution in [3.05, 3.63) is 29.2 Å². The number of aryl methyl sites for hydroxylation is 1. The van der Waals surface area contributed by atoms with Crippen molar-refractivity contribution in [2.75, 3.05) is 25.4 Å². The second kappa shape index (κ2) is 6.06. The van der Waals surface area contributed by atoms with Gasteiger partial charge in [-0.3, -0.25) is 4.79 Å². The molecule has 1 saturated heterocycles. The van der Waals surface area contributed by atoms with Crippen LogP contribution in [0.15, 0.2) is 12.3 Å². The van der Waals surface area contributed by atoms with E-state index in [0.29, 0.717) is 5.69 Å². The van der Waals surface area contributed by atoms with Crippen molar-refractivity contribution in [3.8, 4) is 0 Å². The van der Waals surface area contributed by atoms with E-state index >= 15 is 0 Å². The van der Waals surface area contributed by atoms with Crippen LogP contribution in [0.5, 0.6) is 0 Å². The fraction of sp³-hybridized carbons (Fsp3) is 0.462. The number of aromatic nitrogens is 3. The van der Waals surface area contributed by atoms with Gasteiger partial charge >= 0.3 is 0 Å². The Hall–Kier alpha value is -2.14. The molecule has 130 valence electrons. The quantitative estimate of drug-likeness (QED) is 0.835. The fourth-order valence-electron chi connectivity index (χ4n) is 2.54. The number of rotatable bonds is 2. The molecular formula is C13H15F2N5O3S. The summed E-state index contributed by atoms with van der Waals surface area (Å²) in [7, 11) is -3.40. The highest BCUT2D eigenvalue weighted by molar-refractivity contribution is 7.89. The first kappa shape index (κ1) is 16.7. The zero-order valence-corrected chi connectivity index (χ0v) is 13.6. The van der Waals surface area contributed by atoms with Crippen LogP contribution in [0, 0.1) is 6.92 Å². The first-order valence-corrected chi connectivity index (χ1v) is 8.84. The molecular weight excluding hydrogens is 344 g/mol. The van der Waals surface area contributed by atoms with Crippen LogP contribution in [0.25, 0.3) is 5.65 Å². The van der Waals surface area contributed by atoms with Crippen molar-refractivity contribution in [2.45, 2.75) is 13.3 Å². The zero-order chi connectivity index (χ0) is 17.5. The molecule has 1 aliphatic rings. The van der Waals surface area contributed by atoms with E-state index in [0.717, 1.165) is 4.52 Å². The maximum atomic E-state index is 13.1. The second-order valence-electron chi connectivity index (χ2n) is 5.42. The highest BCUT2D eigenvalue weighted by Gasteiger charge is 2.26.